The second-order valence-corrected chi connectivity index (χ2v) is 4.17. The molecule has 0 saturated heterocycles. The van der Waals surface area contributed by atoms with Crippen LogP contribution in [0.25, 0.3) is 0 Å². The van der Waals surface area contributed by atoms with Crippen molar-refractivity contribution in [2.24, 2.45) is 0 Å². The second-order valence-electron chi connectivity index (χ2n) is 2.93. The molecule has 0 aromatic heterocycles. The number of aryl methyl sites for hydroxylation is 1. The number of aliphatic hydroxyl groups excluding tert-OH is 1. The summed E-state index contributed by atoms with van der Waals surface area (Å²) in [5, 5.41) is 8.04. The zero-order valence-corrected chi connectivity index (χ0v) is 10.7. The van der Waals surface area contributed by atoms with Gasteiger partial charge in [0.2, 0.25) is 0 Å². The molecular weight excluding hydrogens is 310 g/mol. The van der Waals surface area contributed by atoms with E-state index in [1.165, 1.54) is 6.07 Å². The zero-order valence-electron chi connectivity index (χ0n) is 8.54. The standard InChI is InChI=1S/C7H6FI.C4H8O2/c1-5-2-3-6(9)4-7(5)8;5-3-1-2-4-6/h2-4H,1H3;3,6H,1-2,4H2. The summed E-state index contributed by atoms with van der Waals surface area (Å²) in [4.78, 5) is 9.45. The molecule has 0 radical (unpaired) electrons. The van der Waals surface area contributed by atoms with Crippen LogP contribution in [0.3, 0.4) is 0 Å². The van der Waals surface area contributed by atoms with Crippen molar-refractivity contribution in [2.45, 2.75) is 19.8 Å². The Kier molecular flexibility index (Phi) is 8.50. The van der Waals surface area contributed by atoms with Crippen LogP contribution in [0.5, 0.6) is 0 Å². The molecule has 15 heavy (non-hydrogen) atoms. The van der Waals surface area contributed by atoms with Gasteiger partial charge < -0.3 is 9.90 Å². The molecule has 0 amide bonds. The molecular formula is C11H14FIO2. The van der Waals surface area contributed by atoms with Gasteiger partial charge in [-0.1, -0.05) is 6.07 Å². The highest BCUT2D eigenvalue weighted by Gasteiger charge is 1.94. The van der Waals surface area contributed by atoms with Crippen molar-refractivity contribution in [3.05, 3.63) is 33.1 Å². The van der Waals surface area contributed by atoms with E-state index in [1.807, 2.05) is 6.07 Å². The lowest BCUT2D eigenvalue weighted by Gasteiger charge is -1.93. The number of hydrogen-bond acceptors (Lipinski definition) is 2. The Hall–Kier alpha value is -0.490. The molecule has 0 unspecified atom stereocenters. The number of benzene rings is 1. The van der Waals surface area contributed by atoms with Crippen molar-refractivity contribution >= 4 is 28.9 Å². The fourth-order valence-electron chi connectivity index (χ4n) is 0.742. The van der Waals surface area contributed by atoms with Crippen molar-refractivity contribution in [1.82, 2.24) is 0 Å². The van der Waals surface area contributed by atoms with Gasteiger partial charge in [0.25, 0.3) is 0 Å². The summed E-state index contributed by atoms with van der Waals surface area (Å²) in [6, 6.07) is 5.19. The minimum absolute atomic E-state index is 0.123. The van der Waals surface area contributed by atoms with Crippen LogP contribution in [0.1, 0.15) is 18.4 Å². The monoisotopic (exact) mass is 324 g/mol. The topological polar surface area (TPSA) is 37.3 Å². The van der Waals surface area contributed by atoms with Crippen LogP contribution >= 0.6 is 22.6 Å². The number of hydrogen-bond donors (Lipinski definition) is 1. The lowest BCUT2D eigenvalue weighted by atomic mass is 10.2. The summed E-state index contributed by atoms with van der Waals surface area (Å²) in [6.45, 7) is 1.88. The van der Waals surface area contributed by atoms with E-state index in [2.05, 4.69) is 22.6 Å². The molecule has 0 aliphatic rings. The quantitative estimate of drug-likeness (QED) is 0.527. The van der Waals surface area contributed by atoms with E-state index in [-0.39, 0.29) is 12.4 Å². The van der Waals surface area contributed by atoms with Crippen LogP contribution in [0.15, 0.2) is 18.2 Å². The number of rotatable bonds is 3. The van der Waals surface area contributed by atoms with E-state index in [0.29, 0.717) is 18.4 Å². The zero-order chi connectivity index (χ0) is 11.7. The molecule has 0 bridgehead atoms. The summed E-state index contributed by atoms with van der Waals surface area (Å²) < 4.78 is 13.5. The molecule has 1 aromatic rings. The Labute approximate surface area is 103 Å². The summed E-state index contributed by atoms with van der Waals surface area (Å²) in [5.74, 6) is -0.123. The molecule has 1 N–H and O–H groups in total. The molecule has 0 saturated carbocycles. The Bertz CT molecular complexity index is 303. The first-order valence-corrected chi connectivity index (χ1v) is 5.65. The SMILES string of the molecule is Cc1ccc(I)cc1F.O=CCCCO. The molecule has 0 aliphatic heterocycles. The van der Waals surface area contributed by atoms with Gasteiger partial charge in [-0.2, -0.15) is 0 Å². The van der Waals surface area contributed by atoms with Crippen LogP contribution in [-0.2, 0) is 4.79 Å². The number of aliphatic hydroxyl groups is 1. The highest BCUT2D eigenvalue weighted by molar-refractivity contribution is 14.1. The number of carbonyl (C=O) groups excluding carboxylic acids is 1. The molecule has 0 aliphatic carbocycles. The Morgan fingerprint density at radius 1 is 1.53 bits per heavy atom. The normalized spacial score (nSPS) is 9.07. The maximum atomic E-state index is 12.6. The first kappa shape index (κ1) is 14.5. The molecule has 2 nitrogen and oxygen atoms in total. The third-order valence-corrected chi connectivity index (χ3v) is 2.28. The van der Waals surface area contributed by atoms with E-state index in [0.717, 1.165) is 9.86 Å². The third kappa shape index (κ3) is 7.44. The summed E-state index contributed by atoms with van der Waals surface area (Å²) in [6.07, 6.45) is 1.89. The van der Waals surface area contributed by atoms with Crippen molar-refractivity contribution in [1.29, 1.82) is 0 Å². The number of unbranched alkanes of at least 4 members (excludes halogenated alkanes) is 1. The smallest absolute Gasteiger partial charge is 0.127 e. The predicted molar refractivity (Wildman–Crippen MR) is 66.2 cm³/mol. The van der Waals surface area contributed by atoms with Crippen molar-refractivity contribution in [3.63, 3.8) is 0 Å². The van der Waals surface area contributed by atoms with E-state index < -0.39 is 0 Å². The molecule has 4 heteroatoms. The van der Waals surface area contributed by atoms with Gasteiger partial charge in [-0.25, -0.2) is 4.39 Å². The van der Waals surface area contributed by atoms with Gasteiger partial charge in [-0.15, -0.1) is 0 Å². The fourth-order valence-corrected chi connectivity index (χ4v) is 1.20. The second kappa shape index (κ2) is 8.79. The molecule has 1 rings (SSSR count). The lowest BCUT2D eigenvalue weighted by molar-refractivity contribution is -0.108. The van der Waals surface area contributed by atoms with Gasteiger partial charge in [-0.3, -0.25) is 0 Å². The van der Waals surface area contributed by atoms with Gasteiger partial charge in [0.05, 0.1) is 0 Å². The first-order chi connectivity index (χ1) is 7.11. The van der Waals surface area contributed by atoms with Crippen LogP contribution in [0, 0.1) is 16.3 Å². The van der Waals surface area contributed by atoms with Gasteiger partial charge in [-0.05, 0) is 53.6 Å². The number of carbonyl (C=O) groups is 1. The summed E-state index contributed by atoms with van der Waals surface area (Å²) in [7, 11) is 0. The van der Waals surface area contributed by atoms with Gasteiger partial charge in [0, 0.05) is 16.6 Å². The van der Waals surface area contributed by atoms with Crippen molar-refractivity contribution in [2.75, 3.05) is 6.61 Å². The van der Waals surface area contributed by atoms with Crippen LogP contribution < -0.4 is 0 Å². The van der Waals surface area contributed by atoms with E-state index in [4.69, 9.17) is 5.11 Å². The largest absolute Gasteiger partial charge is 0.396 e. The van der Waals surface area contributed by atoms with Crippen molar-refractivity contribution in [3.8, 4) is 0 Å². The predicted octanol–water partition coefficient (Wildman–Crippen LogP) is 2.70. The molecule has 0 fully saturated rings. The molecule has 0 heterocycles. The van der Waals surface area contributed by atoms with Crippen LogP contribution in [0.2, 0.25) is 0 Å². The number of aldehydes is 1. The fraction of sp³-hybridized carbons (Fsp3) is 0.364. The Morgan fingerprint density at radius 2 is 2.20 bits per heavy atom. The van der Waals surface area contributed by atoms with Crippen molar-refractivity contribution < 1.29 is 14.3 Å². The number of halogens is 2. The van der Waals surface area contributed by atoms with Gasteiger partial charge in [0.15, 0.2) is 0 Å². The van der Waals surface area contributed by atoms with E-state index in [1.54, 1.807) is 13.0 Å². The maximum absolute atomic E-state index is 12.6. The summed E-state index contributed by atoms with van der Waals surface area (Å²) >= 11 is 2.08. The van der Waals surface area contributed by atoms with Crippen LogP contribution in [-0.4, -0.2) is 18.0 Å². The third-order valence-electron chi connectivity index (χ3n) is 1.61. The van der Waals surface area contributed by atoms with E-state index in [9.17, 15) is 9.18 Å². The molecule has 0 spiro atoms. The molecule has 84 valence electrons. The highest BCUT2D eigenvalue weighted by atomic mass is 127. The average molecular weight is 324 g/mol. The Morgan fingerprint density at radius 3 is 2.53 bits per heavy atom. The van der Waals surface area contributed by atoms with Gasteiger partial charge in [0.1, 0.15) is 12.1 Å². The minimum atomic E-state index is -0.123. The van der Waals surface area contributed by atoms with Crippen LogP contribution in [0.4, 0.5) is 4.39 Å². The van der Waals surface area contributed by atoms with E-state index >= 15 is 0 Å². The Balaban J connectivity index is 0.000000288. The first-order valence-electron chi connectivity index (χ1n) is 4.58. The minimum Gasteiger partial charge on any atom is -0.396 e. The molecule has 0 atom stereocenters. The van der Waals surface area contributed by atoms with Gasteiger partial charge >= 0.3 is 0 Å². The lowest BCUT2D eigenvalue weighted by Crippen LogP contribution is -1.80. The molecule has 1 aromatic carbocycles. The maximum Gasteiger partial charge on any atom is 0.127 e. The highest BCUT2D eigenvalue weighted by Crippen LogP contribution is 2.10. The average Bonchev–Trinajstić information content (AvgIpc) is 2.22. The summed E-state index contributed by atoms with van der Waals surface area (Å²) in [5.41, 5.74) is 0.704.